The summed E-state index contributed by atoms with van der Waals surface area (Å²) in [6.07, 6.45) is 0. The molecule has 126 valence electrons. The molecule has 0 bridgehead atoms. The molecule has 0 aliphatic rings. The van der Waals surface area contributed by atoms with Gasteiger partial charge in [-0.05, 0) is 19.1 Å². The van der Waals surface area contributed by atoms with Crippen LogP contribution in [0.15, 0.2) is 54.6 Å². The second-order valence-corrected chi connectivity index (χ2v) is 5.60. The van der Waals surface area contributed by atoms with E-state index in [0.29, 0.717) is 11.4 Å². The number of nitrogens with zero attached hydrogens (tertiary/aromatic N) is 3. The first-order chi connectivity index (χ1) is 12.0. The number of aromatic nitrogens is 2. The topological polar surface area (TPSA) is 90.1 Å². The maximum absolute atomic E-state index is 12.5. The summed E-state index contributed by atoms with van der Waals surface area (Å²) in [5.41, 5.74) is 1.78. The van der Waals surface area contributed by atoms with Gasteiger partial charge in [0.25, 0.3) is 5.69 Å². The Morgan fingerprint density at radius 3 is 2.44 bits per heavy atom. The molecule has 3 rings (SSSR count). The maximum atomic E-state index is 12.5. The first-order valence-electron chi connectivity index (χ1n) is 7.61. The lowest BCUT2D eigenvalue weighted by Gasteiger charge is -2.07. The molecule has 7 nitrogen and oxygen atoms in total. The normalized spacial score (nSPS) is 10.5. The van der Waals surface area contributed by atoms with Crippen molar-refractivity contribution < 1.29 is 9.72 Å². The van der Waals surface area contributed by atoms with Crippen molar-refractivity contribution >= 4 is 23.0 Å². The van der Waals surface area contributed by atoms with Crippen LogP contribution in [0.2, 0.25) is 0 Å². The molecule has 0 saturated carbocycles. The molecular formula is C18H16N4O3. The summed E-state index contributed by atoms with van der Waals surface area (Å²) in [6.45, 7) is 1.88. The number of carbonyl (C=O) groups is 1. The van der Waals surface area contributed by atoms with Crippen LogP contribution in [0.3, 0.4) is 0 Å². The average Bonchev–Trinajstić information content (AvgIpc) is 2.92. The first kappa shape index (κ1) is 16.4. The van der Waals surface area contributed by atoms with Crippen molar-refractivity contribution in [2.24, 2.45) is 7.05 Å². The van der Waals surface area contributed by atoms with Gasteiger partial charge in [-0.3, -0.25) is 19.6 Å². The van der Waals surface area contributed by atoms with Gasteiger partial charge in [0, 0.05) is 36.0 Å². The molecule has 1 aromatic heterocycles. The third kappa shape index (κ3) is 3.40. The molecule has 2 aromatic carbocycles. The van der Waals surface area contributed by atoms with Gasteiger partial charge in [-0.2, -0.15) is 5.10 Å². The monoisotopic (exact) mass is 336 g/mol. The number of hydrogen-bond donors (Lipinski definition) is 1. The molecule has 0 aliphatic heterocycles. The second kappa shape index (κ2) is 6.56. The molecular weight excluding hydrogens is 320 g/mol. The van der Waals surface area contributed by atoms with E-state index in [1.807, 2.05) is 6.92 Å². The van der Waals surface area contributed by atoms with Crippen LogP contribution >= 0.6 is 0 Å². The highest BCUT2D eigenvalue weighted by Gasteiger charge is 2.19. The van der Waals surface area contributed by atoms with Gasteiger partial charge in [0.2, 0.25) is 0 Å². The van der Waals surface area contributed by atoms with Crippen molar-refractivity contribution in [3.8, 4) is 0 Å². The van der Waals surface area contributed by atoms with Gasteiger partial charge >= 0.3 is 0 Å². The summed E-state index contributed by atoms with van der Waals surface area (Å²) < 4.78 is 1.67. The summed E-state index contributed by atoms with van der Waals surface area (Å²) >= 11 is 0. The first-order valence-corrected chi connectivity index (χ1v) is 7.61. The van der Waals surface area contributed by atoms with E-state index in [2.05, 4.69) is 10.4 Å². The van der Waals surface area contributed by atoms with Gasteiger partial charge in [0.1, 0.15) is 5.69 Å². The van der Waals surface area contributed by atoms with Crippen LogP contribution in [0.25, 0.3) is 0 Å². The lowest BCUT2D eigenvalue weighted by Crippen LogP contribution is -2.04. The molecule has 0 radical (unpaired) electrons. The number of nitro groups is 1. The molecule has 3 aromatic rings. The average molecular weight is 336 g/mol. The summed E-state index contributed by atoms with van der Waals surface area (Å²) in [7, 11) is 1.79. The van der Waals surface area contributed by atoms with E-state index in [-0.39, 0.29) is 22.7 Å². The van der Waals surface area contributed by atoms with E-state index >= 15 is 0 Å². The van der Waals surface area contributed by atoms with Gasteiger partial charge in [-0.1, -0.05) is 30.3 Å². The van der Waals surface area contributed by atoms with Gasteiger partial charge < -0.3 is 5.32 Å². The van der Waals surface area contributed by atoms with Crippen LogP contribution in [-0.4, -0.2) is 20.5 Å². The highest BCUT2D eigenvalue weighted by Crippen LogP contribution is 2.29. The lowest BCUT2D eigenvalue weighted by atomic mass is 10.0. The fourth-order valence-electron chi connectivity index (χ4n) is 2.45. The molecule has 25 heavy (non-hydrogen) atoms. The minimum absolute atomic E-state index is 0.176. The number of anilines is 2. The maximum Gasteiger partial charge on any atom is 0.293 e. The zero-order valence-corrected chi connectivity index (χ0v) is 13.8. The smallest absolute Gasteiger partial charge is 0.293 e. The molecule has 1 N–H and O–H groups in total. The number of rotatable bonds is 5. The van der Waals surface area contributed by atoms with Gasteiger partial charge in [-0.25, -0.2) is 0 Å². The number of nitrogens with one attached hydrogen (secondary N) is 1. The van der Waals surface area contributed by atoms with E-state index in [9.17, 15) is 14.9 Å². The number of nitro benzene ring substituents is 1. The molecule has 0 saturated heterocycles. The van der Waals surface area contributed by atoms with Gasteiger partial charge in [0.05, 0.1) is 4.92 Å². The fourth-order valence-corrected chi connectivity index (χ4v) is 2.45. The van der Waals surface area contributed by atoms with Crippen LogP contribution in [-0.2, 0) is 7.05 Å². The molecule has 0 fully saturated rings. The zero-order valence-electron chi connectivity index (χ0n) is 13.8. The molecule has 1 heterocycles. The predicted octanol–water partition coefficient (Wildman–Crippen LogP) is 3.61. The van der Waals surface area contributed by atoms with Crippen molar-refractivity contribution in [1.29, 1.82) is 0 Å². The van der Waals surface area contributed by atoms with E-state index < -0.39 is 4.92 Å². The molecule has 0 atom stereocenters. The number of aryl methyl sites for hydroxylation is 2. The van der Waals surface area contributed by atoms with E-state index in [4.69, 9.17) is 0 Å². The molecule has 0 amide bonds. The van der Waals surface area contributed by atoms with Crippen molar-refractivity contribution in [1.82, 2.24) is 9.78 Å². The van der Waals surface area contributed by atoms with E-state index in [1.54, 1.807) is 54.2 Å². The summed E-state index contributed by atoms with van der Waals surface area (Å²) in [5.74, 6) is 0.245. The predicted molar refractivity (Wildman–Crippen MR) is 94.2 cm³/mol. The number of ketones is 1. The Labute approximate surface area is 144 Å². The lowest BCUT2D eigenvalue weighted by molar-refractivity contribution is -0.383. The number of benzene rings is 2. The van der Waals surface area contributed by atoms with E-state index in [0.717, 1.165) is 5.69 Å². The van der Waals surface area contributed by atoms with Crippen LogP contribution in [0, 0.1) is 17.0 Å². The number of carbonyl (C=O) groups excluding carboxylic acids is 1. The Morgan fingerprint density at radius 1 is 1.12 bits per heavy atom. The molecule has 0 unspecified atom stereocenters. The van der Waals surface area contributed by atoms with Crippen molar-refractivity contribution in [2.75, 3.05) is 5.32 Å². The van der Waals surface area contributed by atoms with Gasteiger partial charge in [0.15, 0.2) is 11.6 Å². The Kier molecular flexibility index (Phi) is 4.30. The quantitative estimate of drug-likeness (QED) is 0.437. The largest absolute Gasteiger partial charge is 0.333 e. The van der Waals surface area contributed by atoms with Crippen LogP contribution in [0.4, 0.5) is 17.2 Å². The third-order valence-corrected chi connectivity index (χ3v) is 3.87. The highest BCUT2D eigenvalue weighted by atomic mass is 16.6. The Morgan fingerprint density at radius 2 is 1.84 bits per heavy atom. The van der Waals surface area contributed by atoms with Crippen molar-refractivity contribution in [2.45, 2.75) is 6.92 Å². The van der Waals surface area contributed by atoms with Crippen LogP contribution in [0.1, 0.15) is 21.6 Å². The minimum Gasteiger partial charge on any atom is -0.333 e. The summed E-state index contributed by atoms with van der Waals surface area (Å²) in [5, 5.41) is 18.6. The molecule has 7 heteroatoms. The zero-order chi connectivity index (χ0) is 18.0. The molecule has 0 spiro atoms. The fraction of sp³-hybridized carbons (Fsp3) is 0.111. The Hall–Kier alpha value is -3.48. The molecule has 0 aliphatic carbocycles. The standard InChI is InChI=1S/C18H16N4O3/c1-12-10-17(20-21(12)2)19-15-9-8-14(11-16(15)22(24)25)18(23)13-6-4-3-5-7-13/h3-11H,1-2H3,(H,19,20). The van der Waals surface area contributed by atoms with E-state index in [1.165, 1.54) is 12.1 Å². The Bertz CT molecular complexity index is 929. The van der Waals surface area contributed by atoms with Crippen molar-refractivity contribution in [3.63, 3.8) is 0 Å². The van der Waals surface area contributed by atoms with Crippen molar-refractivity contribution in [3.05, 3.63) is 81.5 Å². The summed E-state index contributed by atoms with van der Waals surface area (Å²) in [4.78, 5) is 23.4. The third-order valence-electron chi connectivity index (χ3n) is 3.87. The SMILES string of the molecule is Cc1cc(Nc2ccc(C(=O)c3ccccc3)cc2[N+](=O)[O-])nn1C. The minimum atomic E-state index is -0.514. The Balaban J connectivity index is 1.96. The van der Waals surface area contributed by atoms with Gasteiger partial charge in [-0.15, -0.1) is 0 Å². The van der Waals surface area contributed by atoms with Crippen LogP contribution in [0.5, 0.6) is 0 Å². The summed E-state index contributed by atoms with van der Waals surface area (Å²) in [6, 6.07) is 14.8. The number of hydrogen-bond acceptors (Lipinski definition) is 5. The highest BCUT2D eigenvalue weighted by molar-refractivity contribution is 6.09. The second-order valence-electron chi connectivity index (χ2n) is 5.60. The van der Waals surface area contributed by atoms with Crippen LogP contribution < -0.4 is 5.32 Å².